The summed E-state index contributed by atoms with van der Waals surface area (Å²) in [6.07, 6.45) is 2.21. The van der Waals surface area contributed by atoms with Gasteiger partial charge in [0.25, 0.3) is 0 Å². The zero-order chi connectivity index (χ0) is 15.1. The molecule has 0 heterocycles. The Bertz CT molecular complexity index is 537. The summed E-state index contributed by atoms with van der Waals surface area (Å²) in [7, 11) is 0. The van der Waals surface area contributed by atoms with Gasteiger partial charge in [-0.05, 0) is 23.8 Å². The van der Waals surface area contributed by atoms with Crippen LogP contribution in [0.5, 0.6) is 0 Å². The van der Waals surface area contributed by atoms with E-state index in [0.29, 0.717) is 5.69 Å². The van der Waals surface area contributed by atoms with E-state index in [4.69, 9.17) is 16.6 Å². The van der Waals surface area contributed by atoms with Crippen molar-refractivity contribution >= 4 is 29.5 Å². The molecular formula is C13H15N3O4. The minimum absolute atomic E-state index is 0.462. The molecule has 1 atom stereocenters. The van der Waals surface area contributed by atoms with E-state index in [-0.39, 0.29) is 0 Å². The quantitative estimate of drug-likeness (QED) is 0.419. The fourth-order valence-electron chi connectivity index (χ4n) is 1.40. The second-order valence-electron chi connectivity index (χ2n) is 4.07. The van der Waals surface area contributed by atoms with Crippen molar-refractivity contribution in [2.24, 2.45) is 5.73 Å². The summed E-state index contributed by atoms with van der Waals surface area (Å²) in [5, 5.41) is 11.0. The van der Waals surface area contributed by atoms with Crippen LogP contribution < -0.4 is 16.8 Å². The van der Waals surface area contributed by atoms with Crippen molar-refractivity contribution in [2.45, 2.75) is 12.5 Å². The third kappa shape index (κ3) is 5.21. The average Bonchev–Trinajstić information content (AvgIpc) is 2.36. The molecule has 1 aromatic rings. The second-order valence-corrected chi connectivity index (χ2v) is 4.07. The van der Waals surface area contributed by atoms with E-state index in [9.17, 15) is 14.4 Å². The molecule has 0 aliphatic carbocycles. The van der Waals surface area contributed by atoms with Crippen LogP contribution in [0.4, 0.5) is 5.69 Å². The number of benzene rings is 1. The van der Waals surface area contributed by atoms with Crippen LogP contribution in [0.2, 0.25) is 0 Å². The first-order valence-electron chi connectivity index (χ1n) is 5.73. The van der Waals surface area contributed by atoms with Gasteiger partial charge < -0.3 is 21.9 Å². The lowest BCUT2D eigenvalue weighted by Crippen LogP contribution is -2.42. The first-order valence-corrected chi connectivity index (χ1v) is 5.73. The fourth-order valence-corrected chi connectivity index (χ4v) is 1.40. The molecule has 0 radical (unpaired) electrons. The van der Waals surface area contributed by atoms with Crippen molar-refractivity contribution in [1.29, 1.82) is 0 Å². The van der Waals surface area contributed by atoms with Crippen LogP contribution in [0, 0.1) is 0 Å². The summed E-state index contributed by atoms with van der Waals surface area (Å²) >= 11 is 0. The lowest BCUT2D eigenvalue weighted by molar-refractivity contribution is -0.142. The molecule has 0 bridgehead atoms. The van der Waals surface area contributed by atoms with Gasteiger partial charge in [0.05, 0.1) is 6.42 Å². The van der Waals surface area contributed by atoms with Gasteiger partial charge in [0.2, 0.25) is 11.8 Å². The Kier molecular flexibility index (Phi) is 5.28. The molecule has 106 valence electrons. The van der Waals surface area contributed by atoms with E-state index in [1.165, 1.54) is 12.2 Å². The molecule has 1 unspecified atom stereocenters. The standard InChI is InChI=1S/C13H15N3O4/c14-9-4-1-8(2-5-9)3-6-12(18)16-10(13(19)20)7-11(15)17/h1-6,10H,7,14H2,(H2,15,17)(H,16,18)(H,19,20)/b6-3+. The Morgan fingerprint density at radius 1 is 1.25 bits per heavy atom. The number of primary amides is 1. The van der Waals surface area contributed by atoms with Crippen molar-refractivity contribution in [3.63, 3.8) is 0 Å². The second kappa shape index (κ2) is 6.93. The first kappa shape index (κ1) is 15.2. The van der Waals surface area contributed by atoms with Crippen molar-refractivity contribution in [3.05, 3.63) is 35.9 Å². The van der Waals surface area contributed by atoms with E-state index in [2.05, 4.69) is 5.32 Å². The van der Waals surface area contributed by atoms with E-state index in [1.807, 2.05) is 0 Å². The summed E-state index contributed by atoms with van der Waals surface area (Å²) in [5.74, 6) is -2.76. The zero-order valence-corrected chi connectivity index (χ0v) is 10.6. The Hall–Kier alpha value is -2.83. The monoisotopic (exact) mass is 277 g/mol. The molecule has 7 heteroatoms. The molecule has 2 amide bonds. The SMILES string of the molecule is NC(=O)CC(NC(=O)/C=C/c1ccc(N)cc1)C(=O)O. The van der Waals surface area contributed by atoms with Crippen molar-refractivity contribution in [2.75, 3.05) is 5.73 Å². The minimum atomic E-state index is -1.34. The Balaban J connectivity index is 2.63. The Morgan fingerprint density at radius 3 is 2.35 bits per heavy atom. The summed E-state index contributed by atoms with van der Waals surface area (Å²) in [6.45, 7) is 0. The molecule has 0 saturated carbocycles. The van der Waals surface area contributed by atoms with E-state index in [0.717, 1.165) is 5.56 Å². The number of nitrogens with one attached hydrogen (secondary N) is 1. The summed E-state index contributed by atoms with van der Waals surface area (Å²) < 4.78 is 0. The van der Waals surface area contributed by atoms with Gasteiger partial charge in [0.15, 0.2) is 0 Å². The molecule has 0 aliphatic heterocycles. The van der Waals surface area contributed by atoms with E-state index < -0.39 is 30.2 Å². The lowest BCUT2D eigenvalue weighted by atomic mass is 10.2. The molecule has 7 nitrogen and oxygen atoms in total. The first-order chi connectivity index (χ1) is 9.38. The number of aliphatic carboxylic acids is 1. The number of carboxylic acid groups (broad SMARTS) is 1. The third-order valence-corrected chi connectivity index (χ3v) is 2.38. The van der Waals surface area contributed by atoms with Gasteiger partial charge in [0, 0.05) is 11.8 Å². The van der Waals surface area contributed by atoms with Crippen LogP contribution in [0.1, 0.15) is 12.0 Å². The predicted molar refractivity (Wildman–Crippen MR) is 73.3 cm³/mol. The number of anilines is 1. The van der Waals surface area contributed by atoms with E-state index >= 15 is 0 Å². The maximum absolute atomic E-state index is 11.5. The van der Waals surface area contributed by atoms with Crippen LogP contribution in [-0.4, -0.2) is 28.9 Å². The number of carboxylic acids is 1. The third-order valence-electron chi connectivity index (χ3n) is 2.38. The van der Waals surface area contributed by atoms with Gasteiger partial charge in [0.1, 0.15) is 6.04 Å². The number of nitrogens with two attached hydrogens (primary N) is 2. The van der Waals surface area contributed by atoms with Crippen LogP contribution in [-0.2, 0) is 14.4 Å². The van der Waals surface area contributed by atoms with Crippen LogP contribution in [0.15, 0.2) is 30.3 Å². The number of carbonyl (C=O) groups is 3. The van der Waals surface area contributed by atoms with Gasteiger partial charge in [-0.15, -0.1) is 0 Å². The van der Waals surface area contributed by atoms with Gasteiger partial charge in [-0.25, -0.2) is 4.79 Å². The maximum Gasteiger partial charge on any atom is 0.326 e. The van der Waals surface area contributed by atoms with Crippen molar-refractivity contribution in [1.82, 2.24) is 5.32 Å². The van der Waals surface area contributed by atoms with Gasteiger partial charge in [-0.3, -0.25) is 9.59 Å². The molecular weight excluding hydrogens is 262 g/mol. The average molecular weight is 277 g/mol. The normalized spacial score (nSPS) is 12.0. The van der Waals surface area contributed by atoms with E-state index in [1.54, 1.807) is 24.3 Å². The summed E-state index contributed by atoms with van der Waals surface area (Å²) in [6, 6.07) is 5.42. The summed E-state index contributed by atoms with van der Waals surface area (Å²) in [5.41, 5.74) is 11.7. The number of nitrogen functional groups attached to an aromatic ring is 1. The van der Waals surface area contributed by atoms with Crippen LogP contribution in [0.3, 0.4) is 0 Å². The fraction of sp³-hybridized carbons (Fsp3) is 0.154. The molecule has 0 fully saturated rings. The highest BCUT2D eigenvalue weighted by Crippen LogP contribution is 2.06. The van der Waals surface area contributed by atoms with Crippen molar-refractivity contribution < 1.29 is 19.5 Å². The highest BCUT2D eigenvalue weighted by Gasteiger charge is 2.20. The zero-order valence-electron chi connectivity index (χ0n) is 10.6. The van der Waals surface area contributed by atoms with Gasteiger partial charge in [-0.2, -0.15) is 0 Å². The molecule has 1 aromatic carbocycles. The largest absolute Gasteiger partial charge is 0.480 e. The highest BCUT2D eigenvalue weighted by molar-refractivity contribution is 5.95. The highest BCUT2D eigenvalue weighted by atomic mass is 16.4. The number of rotatable bonds is 6. The number of hydrogen-bond acceptors (Lipinski definition) is 4. The van der Waals surface area contributed by atoms with Crippen molar-refractivity contribution in [3.8, 4) is 0 Å². The maximum atomic E-state index is 11.5. The van der Waals surface area contributed by atoms with Gasteiger partial charge in [-0.1, -0.05) is 12.1 Å². The molecule has 0 spiro atoms. The Labute approximate surface area is 115 Å². The minimum Gasteiger partial charge on any atom is -0.480 e. The number of hydrogen-bond donors (Lipinski definition) is 4. The van der Waals surface area contributed by atoms with Crippen LogP contribution in [0.25, 0.3) is 6.08 Å². The smallest absolute Gasteiger partial charge is 0.326 e. The molecule has 6 N–H and O–H groups in total. The topological polar surface area (TPSA) is 136 Å². The number of carbonyl (C=O) groups excluding carboxylic acids is 2. The summed E-state index contributed by atoms with van der Waals surface area (Å²) in [4.78, 5) is 33.0. The van der Waals surface area contributed by atoms with Crippen LogP contribution >= 0.6 is 0 Å². The molecule has 0 aliphatic rings. The molecule has 0 aromatic heterocycles. The molecule has 20 heavy (non-hydrogen) atoms. The molecule has 1 rings (SSSR count). The Morgan fingerprint density at radius 2 is 1.85 bits per heavy atom. The number of amides is 2. The van der Waals surface area contributed by atoms with Gasteiger partial charge >= 0.3 is 5.97 Å². The lowest BCUT2D eigenvalue weighted by Gasteiger charge is -2.10. The predicted octanol–water partition coefficient (Wildman–Crippen LogP) is -0.273. The molecule has 0 saturated heterocycles.